The molecule has 2 aromatic carbocycles. The third kappa shape index (κ3) is 10.9. The molecule has 2 heterocycles. The van der Waals surface area contributed by atoms with Crippen molar-refractivity contribution in [1.82, 2.24) is 14.5 Å². The molecule has 4 rings (SSSR count). The summed E-state index contributed by atoms with van der Waals surface area (Å²) < 4.78 is 37.0. The summed E-state index contributed by atoms with van der Waals surface area (Å²) in [5.74, 6) is 3.45. The van der Waals surface area contributed by atoms with Crippen LogP contribution in [-0.2, 0) is 20.6 Å². The summed E-state index contributed by atoms with van der Waals surface area (Å²) in [6, 6.07) is 16.9. The van der Waals surface area contributed by atoms with Gasteiger partial charge in [-0.15, -0.1) is 12.4 Å². The van der Waals surface area contributed by atoms with Crippen LogP contribution >= 0.6 is 12.4 Å². The quantitative estimate of drug-likeness (QED) is 0.176. The largest absolute Gasteiger partial charge is 0.496 e. The van der Waals surface area contributed by atoms with Gasteiger partial charge in [0.15, 0.2) is 0 Å². The number of benzene rings is 2. The van der Waals surface area contributed by atoms with Crippen LogP contribution in [0, 0.1) is 11.6 Å². The maximum Gasteiger partial charge on any atom is 0.352 e. The number of aromatic carboxylic acids is 1. The third-order valence-electron chi connectivity index (χ3n) is 5.77. The number of aromatic nitrogens is 2. The first kappa shape index (κ1) is 36.8. The standard InChI is InChI=1S/C15H15FN2O3.C8H9NO4.C6H7FN2.ClH/c1-18-13(7-12(21-2)8-14(18)19)15(20)17-9-10-3-5-11(16)6-4-10;1-9-6(8(11)12)3-5(13-2)4-7(9)10;7-5-1-3-6(9-8)4-2-5;/h3-8H,9H2,1-2H3,(H,17,20);3-4H,1-2H3,(H,11,12);1-4,9H,8H2;1H. The van der Waals surface area contributed by atoms with Gasteiger partial charge in [0.05, 0.1) is 14.2 Å². The van der Waals surface area contributed by atoms with Crippen LogP contribution in [0.1, 0.15) is 26.5 Å². The van der Waals surface area contributed by atoms with Crippen LogP contribution < -0.4 is 37.2 Å². The number of nitrogens with zero attached hydrogens (tertiary/aromatic N) is 2. The zero-order chi connectivity index (χ0) is 32.1. The number of nitrogens with two attached hydrogens (primary N) is 1. The van der Waals surface area contributed by atoms with Crippen LogP contribution in [0.5, 0.6) is 11.5 Å². The van der Waals surface area contributed by atoms with Gasteiger partial charge < -0.3 is 34.5 Å². The Hall–Kier alpha value is -5.21. The number of ether oxygens (including phenoxy) is 2. The van der Waals surface area contributed by atoms with Gasteiger partial charge in [0.1, 0.15) is 34.5 Å². The van der Waals surface area contributed by atoms with E-state index in [0.717, 1.165) is 10.1 Å². The molecule has 0 aliphatic carbocycles. The van der Waals surface area contributed by atoms with E-state index in [1.807, 2.05) is 0 Å². The minimum absolute atomic E-state index is 0. The Morgan fingerprint density at radius 3 is 1.66 bits per heavy atom. The molecule has 0 saturated heterocycles. The van der Waals surface area contributed by atoms with Crippen molar-refractivity contribution >= 4 is 30.0 Å². The molecule has 0 saturated carbocycles. The number of carboxylic acid groups (broad SMARTS) is 1. The van der Waals surface area contributed by atoms with E-state index in [-0.39, 0.29) is 53.3 Å². The van der Waals surface area contributed by atoms with Crippen molar-refractivity contribution in [3.8, 4) is 11.5 Å². The lowest BCUT2D eigenvalue weighted by molar-refractivity contribution is 0.0684. The summed E-state index contributed by atoms with van der Waals surface area (Å²) in [6.45, 7) is 0.241. The highest BCUT2D eigenvalue weighted by Crippen LogP contribution is 2.10. The molecule has 0 radical (unpaired) electrons. The Kier molecular flexibility index (Phi) is 14.8. The number of pyridine rings is 2. The van der Waals surface area contributed by atoms with Crippen LogP contribution in [0.3, 0.4) is 0 Å². The highest BCUT2D eigenvalue weighted by molar-refractivity contribution is 5.92. The molecule has 44 heavy (non-hydrogen) atoms. The number of hydrazine groups is 1. The van der Waals surface area contributed by atoms with Crippen molar-refractivity contribution in [2.24, 2.45) is 19.9 Å². The molecule has 4 aromatic rings. The minimum atomic E-state index is -1.15. The number of carbonyl (C=O) groups excluding carboxylic acids is 1. The molecule has 0 fully saturated rings. The first-order chi connectivity index (χ1) is 20.4. The monoisotopic (exact) mass is 635 g/mol. The average molecular weight is 636 g/mol. The summed E-state index contributed by atoms with van der Waals surface area (Å²) in [6.07, 6.45) is 0. The number of carboxylic acids is 1. The highest BCUT2D eigenvalue weighted by Gasteiger charge is 2.12. The summed E-state index contributed by atoms with van der Waals surface area (Å²) >= 11 is 0. The first-order valence-electron chi connectivity index (χ1n) is 12.4. The van der Waals surface area contributed by atoms with E-state index >= 15 is 0 Å². The predicted octanol–water partition coefficient (Wildman–Crippen LogP) is 3.09. The fourth-order valence-corrected chi connectivity index (χ4v) is 3.30. The summed E-state index contributed by atoms with van der Waals surface area (Å²) in [4.78, 5) is 45.6. The van der Waals surface area contributed by atoms with Gasteiger partial charge in [0.25, 0.3) is 17.0 Å². The van der Waals surface area contributed by atoms with E-state index in [1.165, 1.54) is 81.4 Å². The second kappa shape index (κ2) is 17.7. The lowest BCUT2D eigenvalue weighted by Crippen LogP contribution is -2.30. The molecule has 1 amide bonds. The van der Waals surface area contributed by atoms with Crippen LogP contribution in [0.25, 0.3) is 0 Å². The second-order valence-electron chi connectivity index (χ2n) is 8.62. The Bertz CT molecular complexity index is 1660. The van der Waals surface area contributed by atoms with Crippen LogP contribution in [0.15, 0.2) is 82.4 Å². The normalized spacial score (nSPS) is 9.61. The Balaban J connectivity index is 0.000000359. The molecular weight excluding hydrogens is 604 g/mol. The van der Waals surface area contributed by atoms with E-state index in [0.29, 0.717) is 11.4 Å². The number of nitrogen functional groups attached to an aromatic ring is 1. The number of rotatable bonds is 7. The zero-order valence-corrected chi connectivity index (χ0v) is 25.0. The molecule has 0 aliphatic heterocycles. The van der Waals surface area contributed by atoms with Gasteiger partial charge in [0.2, 0.25) is 0 Å². The molecule has 236 valence electrons. The molecular formula is C29H32ClF2N5O7. The van der Waals surface area contributed by atoms with Crippen molar-refractivity contribution < 1.29 is 33.0 Å². The van der Waals surface area contributed by atoms with Gasteiger partial charge in [-0.3, -0.25) is 20.2 Å². The predicted molar refractivity (Wildman–Crippen MR) is 162 cm³/mol. The summed E-state index contributed by atoms with van der Waals surface area (Å²) in [5, 5.41) is 11.4. The molecule has 0 spiro atoms. The molecule has 0 unspecified atom stereocenters. The van der Waals surface area contributed by atoms with Crippen molar-refractivity contribution in [3.63, 3.8) is 0 Å². The van der Waals surface area contributed by atoms with E-state index in [1.54, 1.807) is 24.3 Å². The average Bonchev–Trinajstić information content (AvgIpc) is 3.00. The van der Waals surface area contributed by atoms with E-state index in [2.05, 4.69) is 10.7 Å². The lowest BCUT2D eigenvalue weighted by Gasteiger charge is -2.10. The zero-order valence-electron chi connectivity index (χ0n) is 24.2. The molecule has 5 N–H and O–H groups in total. The smallest absolute Gasteiger partial charge is 0.352 e. The van der Waals surface area contributed by atoms with Crippen LogP contribution in [-0.4, -0.2) is 40.3 Å². The fraction of sp³-hybridized carbons (Fsp3) is 0.172. The van der Waals surface area contributed by atoms with Gasteiger partial charge in [-0.25, -0.2) is 13.6 Å². The van der Waals surface area contributed by atoms with Crippen molar-refractivity contribution in [2.75, 3.05) is 19.6 Å². The fourth-order valence-electron chi connectivity index (χ4n) is 3.30. The molecule has 0 bridgehead atoms. The maximum atomic E-state index is 12.8. The van der Waals surface area contributed by atoms with Gasteiger partial charge in [-0.05, 0) is 42.0 Å². The topological polar surface area (TPSA) is 167 Å². The third-order valence-corrected chi connectivity index (χ3v) is 5.77. The number of amides is 1. The molecule has 2 aromatic heterocycles. The summed E-state index contributed by atoms with van der Waals surface area (Å²) in [7, 11) is 5.70. The van der Waals surface area contributed by atoms with E-state index < -0.39 is 17.4 Å². The van der Waals surface area contributed by atoms with Crippen molar-refractivity contribution in [1.29, 1.82) is 0 Å². The first-order valence-corrected chi connectivity index (χ1v) is 12.4. The Labute approximate surface area is 257 Å². The van der Waals surface area contributed by atoms with Crippen LogP contribution in [0.4, 0.5) is 14.5 Å². The highest BCUT2D eigenvalue weighted by atomic mass is 35.5. The molecule has 12 nitrogen and oxygen atoms in total. The molecule has 0 aliphatic rings. The Morgan fingerprint density at radius 2 is 1.23 bits per heavy atom. The number of hydrogen-bond donors (Lipinski definition) is 4. The molecule has 15 heteroatoms. The van der Waals surface area contributed by atoms with Gasteiger partial charge in [0, 0.05) is 50.6 Å². The number of halogens is 3. The number of hydrogen-bond acceptors (Lipinski definition) is 8. The van der Waals surface area contributed by atoms with Gasteiger partial charge in [-0.2, -0.15) is 0 Å². The number of methoxy groups -OCH3 is 2. The van der Waals surface area contributed by atoms with E-state index in [4.69, 9.17) is 20.4 Å². The number of nitrogens with one attached hydrogen (secondary N) is 2. The SMILES string of the molecule is COc1cc(C(=O)NCc2ccc(F)cc2)n(C)c(=O)c1.COc1cc(C(=O)O)n(C)c(=O)c1.Cl.NNc1ccc(F)cc1. The van der Waals surface area contributed by atoms with Crippen molar-refractivity contribution in [2.45, 2.75) is 6.54 Å². The number of anilines is 1. The van der Waals surface area contributed by atoms with Crippen molar-refractivity contribution in [3.05, 3.63) is 122 Å². The molecule has 0 atom stereocenters. The van der Waals surface area contributed by atoms with Crippen LogP contribution in [0.2, 0.25) is 0 Å². The number of carbonyl (C=O) groups is 2. The van der Waals surface area contributed by atoms with Gasteiger partial charge >= 0.3 is 5.97 Å². The minimum Gasteiger partial charge on any atom is -0.496 e. The van der Waals surface area contributed by atoms with E-state index in [9.17, 15) is 28.0 Å². The maximum absolute atomic E-state index is 12.8. The summed E-state index contributed by atoms with van der Waals surface area (Å²) in [5.41, 5.74) is 3.22. The van der Waals surface area contributed by atoms with Gasteiger partial charge in [-0.1, -0.05) is 12.1 Å². The second-order valence-corrected chi connectivity index (χ2v) is 8.62. The lowest BCUT2D eigenvalue weighted by atomic mass is 10.2. The Morgan fingerprint density at radius 1 is 0.795 bits per heavy atom.